The highest BCUT2D eigenvalue weighted by Gasteiger charge is 2.14. The van der Waals surface area contributed by atoms with Gasteiger partial charge in [-0.15, -0.1) is 11.3 Å². The van der Waals surface area contributed by atoms with E-state index in [1.807, 2.05) is 18.4 Å². The molecule has 1 heterocycles. The average molecular weight is 307 g/mol. The first-order valence-corrected chi connectivity index (χ1v) is 6.41. The molecule has 3 nitrogen and oxygen atoms in total. The number of nitrogens with two attached hydrogens (primary N) is 1. The third-order valence-corrected chi connectivity index (χ3v) is 3.71. The van der Waals surface area contributed by atoms with Gasteiger partial charge in [0.2, 0.25) is 0 Å². The number of nitrogens with one attached hydrogen (secondary N) is 1. The monoisotopic (exact) mass is 306 g/mol. The van der Waals surface area contributed by atoms with Gasteiger partial charge < -0.3 is 11.1 Å². The van der Waals surface area contributed by atoms with Gasteiger partial charge in [-0.2, -0.15) is 0 Å². The van der Waals surface area contributed by atoms with Crippen molar-refractivity contribution in [1.29, 1.82) is 0 Å². The molecule has 82 valence electrons. The summed E-state index contributed by atoms with van der Waals surface area (Å²) in [7, 11) is 0. The van der Waals surface area contributed by atoms with Crippen molar-refractivity contribution in [2.75, 3.05) is 0 Å². The van der Waals surface area contributed by atoms with Crippen LogP contribution in [0.4, 0.5) is 0 Å². The summed E-state index contributed by atoms with van der Waals surface area (Å²) in [4.78, 5) is 12.8. The van der Waals surface area contributed by atoms with Crippen LogP contribution in [0.5, 0.6) is 0 Å². The Bertz CT molecular complexity index is 378. The summed E-state index contributed by atoms with van der Waals surface area (Å²) in [5.74, 6) is -0.0966. The fourth-order valence-corrected chi connectivity index (χ4v) is 2.80. The number of carbonyl (C=O) groups is 1. The third-order valence-electron chi connectivity index (χ3n) is 1.71. The highest BCUT2D eigenvalue weighted by atomic mass is 79.9. The van der Waals surface area contributed by atoms with Crippen molar-refractivity contribution in [2.45, 2.75) is 19.4 Å². The zero-order valence-electron chi connectivity index (χ0n) is 8.12. The predicted octanol–water partition coefficient (Wildman–Crippen LogP) is 2.31. The highest BCUT2D eigenvalue weighted by Crippen LogP contribution is 2.22. The Morgan fingerprint density at radius 2 is 2.47 bits per heavy atom. The van der Waals surface area contributed by atoms with Crippen molar-refractivity contribution < 1.29 is 4.79 Å². The second-order valence-corrected chi connectivity index (χ2v) is 5.44. The molecule has 1 aromatic rings. The number of rotatable bonds is 4. The van der Waals surface area contributed by atoms with Crippen LogP contribution in [0.2, 0.25) is 0 Å². The van der Waals surface area contributed by atoms with Gasteiger partial charge >= 0.3 is 0 Å². The first-order chi connectivity index (χ1) is 7.00. The Labute approximate surface area is 106 Å². The summed E-state index contributed by atoms with van der Waals surface area (Å²) in [5, 5.41) is 4.69. The van der Waals surface area contributed by atoms with E-state index in [4.69, 9.17) is 18.0 Å². The molecule has 0 spiro atoms. The van der Waals surface area contributed by atoms with Gasteiger partial charge in [0.05, 0.1) is 4.99 Å². The number of thiophene rings is 1. The molecular formula is C9H11BrN2OS2. The molecule has 3 N–H and O–H groups in total. The Morgan fingerprint density at radius 3 is 2.93 bits per heavy atom. The lowest BCUT2D eigenvalue weighted by atomic mass is 10.2. The number of carbonyl (C=O) groups excluding carboxylic acids is 1. The molecule has 1 atom stereocenters. The normalized spacial score (nSPS) is 12.1. The topological polar surface area (TPSA) is 55.1 Å². The summed E-state index contributed by atoms with van der Waals surface area (Å²) in [5.41, 5.74) is 5.39. The van der Waals surface area contributed by atoms with E-state index in [0.29, 0.717) is 16.3 Å². The molecule has 0 fully saturated rings. The van der Waals surface area contributed by atoms with Crippen molar-refractivity contribution in [1.82, 2.24) is 5.32 Å². The molecule has 1 unspecified atom stereocenters. The number of amides is 1. The molecule has 15 heavy (non-hydrogen) atoms. The number of hydrogen-bond acceptors (Lipinski definition) is 3. The molecule has 1 aromatic heterocycles. The third kappa shape index (κ3) is 3.89. The molecule has 1 rings (SSSR count). The van der Waals surface area contributed by atoms with Gasteiger partial charge in [0.1, 0.15) is 4.88 Å². The largest absolute Gasteiger partial charge is 0.393 e. The van der Waals surface area contributed by atoms with Gasteiger partial charge in [0, 0.05) is 16.9 Å². The molecule has 0 aliphatic heterocycles. The smallest absolute Gasteiger partial charge is 0.262 e. The predicted molar refractivity (Wildman–Crippen MR) is 70.3 cm³/mol. The number of thiocarbonyl (C=S) groups is 1. The summed E-state index contributed by atoms with van der Waals surface area (Å²) in [6.45, 7) is 1.87. The van der Waals surface area contributed by atoms with Crippen molar-refractivity contribution in [3.05, 3.63) is 20.8 Å². The van der Waals surface area contributed by atoms with E-state index < -0.39 is 0 Å². The summed E-state index contributed by atoms with van der Waals surface area (Å²) >= 11 is 9.47. The SMILES string of the molecule is CC(CC(N)=S)NC(=O)c1sccc1Br. The van der Waals surface area contributed by atoms with E-state index in [-0.39, 0.29) is 11.9 Å². The molecule has 0 radical (unpaired) electrons. The lowest BCUT2D eigenvalue weighted by molar-refractivity contribution is 0.0945. The van der Waals surface area contributed by atoms with E-state index in [1.54, 1.807) is 0 Å². The van der Waals surface area contributed by atoms with Gasteiger partial charge in [-0.25, -0.2) is 0 Å². The second-order valence-electron chi connectivity index (χ2n) is 3.14. The quantitative estimate of drug-likeness (QED) is 0.839. The molecule has 0 aliphatic rings. The van der Waals surface area contributed by atoms with E-state index in [1.165, 1.54) is 11.3 Å². The van der Waals surface area contributed by atoms with Crippen LogP contribution < -0.4 is 11.1 Å². The second kappa shape index (κ2) is 5.58. The molecule has 6 heteroatoms. The van der Waals surface area contributed by atoms with Crippen LogP contribution in [-0.2, 0) is 0 Å². The van der Waals surface area contributed by atoms with Gasteiger partial charge in [0.15, 0.2) is 0 Å². The van der Waals surface area contributed by atoms with Gasteiger partial charge in [-0.05, 0) is 34.3 Å². The molecule has 0 bridgehead atoms. The fourth-order valence-electron chi connectivity index (χ4n) is 1.10. The van der Waals surface area contributed by atoms with Crippen LogP contribution in [0.1, 0.15) is 23.0 Å². The summed E-state index contributed by atoms with van der Waals surface area (Å²) in [6, 6.07) is 1.81. The van der Waals surface area contributed by atoms with Crippen LogP contribution in [0, 0.1) is 0 Å². The first-order valence-electron chi connectivity index (χ1n) is 4.33. The summed E-state index contributed by atoms with van der Waals surface area (Å²) < 4.78 is 0.813. The Kier molecular flexibility index (Phi) is 4.69. The van der Waals surface area contributed by atoms with Crippen LogP contribution in [-0.4, -0.2) is 16.9 Å². The molecule has 0 saturated heterocycles. The van der Waals surface area contributed by atoms with E-state index in [2.05, 4.69) is 21.2 Å². The minimum absolute atomic E-state index is 0.0380. The van der Waals surface area contributed by atoms with Gasteiger partial charge in [-0.1, -0.05) is 12.2 Å². The molecular weight excluding hydrogens is 296 g/mol. The van der Waals surface area contributed by atoms with Crippen molar-refractivity contribution in [2.24, 2.45) is 5.73 Å². The van der Waals surface area contributed by atoms with Crippen LogP contribution in [0.3, 0.4) is 0 Å². The lowest BCUT2D eigenvalue weighted by Gasteiger charge is -2.12. The van der Waals surface area contributed by atoms with E-state index in [0.717, 1.165) is 4.47 Å². The Morgan fingerprint density at radius 1 is 1.80 bits per heavy atom. The maximum absolute atomic E-state index is 11.7. The maximum Gasteiger partial charge on any atom is 0.262 e. The Balaban J connectivity index is 2.56. The van der Waals surface area contributed by atoms with E-state index >= 15 is 0 Å². The van der Waals surface area contributed by atoms with Gasteiger partial charge in [-0.3, -0.25) is 4.79 Å². The molecule has 1 amide bonds. The van der Waals surface area contributed by atoms with E-state index in [9.17, 15) is 4.79 Å². The van der Waals surface area contributed by atoms with Crippen molar-refractivity contribution in [3.63, 3.8) is 0 Å². The maximum atomic E-state index is 11.7. The summed E-state index contributed by atoms with van der Waals surface area (Å²) in [6.07, 6.45) is 0.518. The van der Waals surface area contributed by atoms with Crippen LogP contribution in [0.15, 0.2) is 15.9 Å². The standard InChI is InChI=1S/C9H11BrN2OS2/c1-5(4-7(11)14)12-9(13)8-6(10)2-3-15-8/h2-3,5H,4H2,1H3,(H2,11,14)(H,12,13). The average Bonchev–Trinajstić information content (AvgIpc) is 2.49. The molecule has 0 aliphatic carbocycles. The van der Waals surface area contributed by atoms with Gasteiger partial charge in [0.25, 0.3) is 5.91 Å². The first kappa shape index (κ1) is 12.6. The van der Waals surface area contributed by atoms with Crippen LogP contribution >= 0.6 is 39.5 Å². The highest BCUT2D eigenvalue weighted by molar-refractivity contribution is 9.10. The number of halogens is 1. The Hall–Kier alpha value is -0.460. The zero-order valence-corrected chi connectivity index (χ0v) is 11.3. The minimum Gasteiger partial charge on any atom is -0.393 e. The minimum atomic E-state index is -0.0966. The fraction of sp³-hybridized carbons (Fsp3) is 0.333. The van der Waals surface area contributed by atoms with Crippen LogP contribution in [0.25, 0.3) is 0 Å². The molecule has 0 aromatic carbocycles. The molecule has 0 saturated carbocycles. The lowest BCUT2D eigenvalue weighted by Crippen LogP contribution is -2.35. The van der Waals surface area contributed by atoms with Crippen molar-refractivity contribution >= 4 is 50.4 Å². The number of hydrogen-bond donors (Lipinski definition) is 2. The zero-order chi connectivity index (χ0) is 11.4. The van der Waals surface area contributed by atoms with Crippen molar-refractivity contribution in [3.8, 4) is 0 Å².